The minimum Gasteiger partial charge on any atom is -0.392 e. The van der Waals surface area contributed by atoms with Gasteiger partial charge in [0.05, 0.1) is 12.2 Å². The Morgan fingerprint density at radius 2 is 2.03 bits per heavy atom. The third-order valence-corrected chi connectivity index (χ3v) is 7.47. The summed E-state index contributed by atoms with van der Waals surface area (Å²) >= 11 is 0. The first-order valence-corrected chi connectivity index (χ1v) is 12.5. The lowest BCUT2D eigenvalue weighted by atomic mass is 9.88. The van der Waals surface area contributed by atoms with Crippen molar-refractivity contribution in [2.75, 3.05) is 7.05 Å². The van der Waals surface area contributed by atoms with Crippen LogP contribution >= 0.6 is 0 Å². The average molecular weight is 434 g/mol. The van der Waals surface area contributed by atoms with Gasteiger partial charge in [0.25, 0.3) is 0 Å². The van der Waals surface area contributed by atoms with Gasteiger partial charge in [-0.1, -0.05) is 56.9 Å². The van der Waals surface area contributed by atoms with Crippen LogP contribution in [0, 0.1) is 23.7 Å². The third-order valence-electron chi connectivity index (χ3n) is 7.47. The number of nitrogens with zero attached hydrogens (tertiary/aromatic N) is 1. The largest absolute Gasteiger partial charge is 0.392 e. The highest BCUT2D eigenvalue weighted by molar-refractivity contribution is 5.76. The maximum atomic E-state index is 12.4. The Morgan fingerprint density at radius 3 is 2.68 bits per heavy atom. The summed E-state index contributed by atoms with van der Waals surface area (Å²) in [4.78, 5) is 14.2. The van der Waals surface area contributed by atoms with Gasteiger partial charge in [0.1, 0.15) is 0 Å². The summed E-state index contributed by atoms with van der Waals surface area (Å²) in [7, 11) is 1.89. The molecular weight excluding hydrogens is 386 g/mol. The first kappa shape index (κ1) is 26.1. The zero-order valence-electron chi connectivity index (χ0n) is 20.8. The molecule has 0 radical (unpaired) electrons. The molecule has 2 N–H and O–H groups in total. The number of carbonyl (C=O) groups excluding carboxylic acids is 1. The Morgan fingerprint density at radius 1 is 1.32 bits per heavy atom. The number of rotatable bonds is 11. The van der Waals surface area contributed by atoms with Crippen LogP contribution in [0.25, 0.3) is 0 Å². The molecule has 0 saturated heterocycles. The van der Waals surface area contributed by atoms with Crippen LogP contribution in [0.15, 0.2) is 23.8 Å². The van der Waals surface area contributed by atoms with E-state index in [2.05, 4.69) is 46.8 Å². The van der Waals surface area contributed by atoms with Crippen LogP contribution < -0.4 is 0 Å². The van der Waals surface area contributed by atoms with Gasteiger partial charge in [-0.15, -0.1) is 0 Å². The summed E-state index contributed by atoms with van der Waals surface area (Å²) in [5, 5.41) is 21.0. The molecule has 4 heteroatoms. The second kappa shape index (κ2) is 11.7. The molecule has 2 rings (SSSR count). The number of fused-ring (bicyclic) bond motifs is 1. The highest BCUT2D eigenvalue weighted by Gasteiger charge is 2.43. The van der Waals surface area contributed by atoms with Crippen LogP contribution in [0.1, 0.15) is 92.4 Å². The number of carbonyl (C=O) groups is 1. The van der Waals surface area contributed by atoms with Crippen molar-refractivity contribution in [2.24, 2.45) is 23.7 Å². The van der Waals surface area contributed by atoms with E-state index in [0.717, 1.165) is 32.1 Å². The van der Waals surface area contributed by atoms with Crippen molar-refractivity contribution in [1.29, 1.82) is 0 Å². The number of hydrogen-bond donors (Lipinski definition) is 2. The van der Waals surface area contributed by atoms with E-state index in [-0.39, 0.29) is 23.5 Å². The van der Waals surface area contributed by atoms with Crippen LogP contribution in [0.5, 0.6) is 0 Å². The Labute approximate surface area is 190 Å². The fourth-order valence-corrected chi connectivity index (χ4v) is 5.22. The van der Waals surface area contributed by atoms with Gasteiger partial charge in [-0.05, 0) is 70.6 Å². The van der Waals surface area contributed by atoms with Gasteiger partial charge in [0.15, 0.2) is 0 Å². The number of aliphatic hydroxyl groups excluding tert-OH is 2. The molecule has 0 aliphatic heterocycles. The van der Waals surface area contributed by atoms with Gasteiger partial charge in [-0.25, -0.2) is 0 Å². The van der Waals surface area contributed by atoms with E-state index in [1.165, 1.54) is 24.8 Å². The van der Waals surface area contributed by atoms with Gasteiger partial charge in [0.2, 0.25) is 5.91 Å². The Kier molecular flexibility index (Phi) is 9.82. The number of unbranched alkanes of at least 4 members (excludes halogenated alkanes) is 1. The molecule has 178 valence electrons. The fourth-order valence-electron chi connectivity index (χ4n) is 5.22. The molecule has 31 heavy (non-hydrogen) atoms. The molecule has 6 atom stereocenters. The molecule has 0 heterocycles. The van der Waals surface area contributed by atoms with E-state index in [9.17, 15) is 15.0 Å². The number of aliphatic hydroxyl groups is 2. The molecule has 2 aliphatic rings. The van der Waals surface area contributed by atoms with Crippen molar-refractivity contribution in [3.8, 4) is 0 Å². The second-order valence-corrected chi connectivity index (χ2v) is 11.1. The molecule has 0 aromatic rings. The summed E-state index contributed by atoms with van der Waals surface area (Å²) in [6.45, 7) is 10.6. The van der Waals surface area contributed by atoms with Crippen LogP contribution in [0.4, 0.5) is 0 Å². The summed E-state index contributed by atoms with van der Waals surface area (Å²) in [6, 6.07) is 0. The molecule has 0 aromatic carbocycles. The summed E-state index contributed by atoms with van der Waals surface area (Å²) in [5.74, 6) is 1.76. The van der Waals surface area contributed by atoms with Crippen molar-refractivity contribution < 1.29 is 15.0 Å². The Balaban J connectivity index is 1.80. The van der Waals surface area contributed by atoms with Crippen molar-refractivity contribution in [1.82, 2.24) is 4.90 Å². The minimum atomic E-state index is -0.419. The van der Waals surface area contributed by atoms with Gasteiger partial charge in [0, 0.05) is 24.9 Å². The van der Waals surface area contributed by atoms with Crippen LogP contribution in [0.3, 0.4) is 0 Å². The van der Waals surface area contributed by atoms with E-state index in [1.807, 2.05) is 18.0 Å². The zero-order chi connectivity index (χ0) is 23.2. The molecule has 1 fully saturated rings. The van der Waals surface area contributed by atoms with Crippen molar-refractivity contribution >= 4 is 5.91 Å². The predicted molar refractivity (Wildman–Crippen MR) is 129 cm³/mol. The van der Waals surface area contributed by atoms with E-state index in [1.54, 1.807) is 0 Å². The van der Waals surface area contributed by atoms with E-state index in [4.69, 9.17) is 0 Å². The van der Waals surface area contributed by atoms with Gasteiger partial charge in [-0.3, -0.25) is 4.79 Å². The van der Waals surface area contributed by atoms with Gasteiger partial charge >= 0.3 is 0 Å². The Bertz CT molecular complexity index is 633. The molecule has 0 aromatic heterocycles. The summed E-state index contributed by atoms with van der Waals surface area (Å²) < 4.78 is 0. The lowest BCUT2D eigenvalue weighted by molar-refractivity contribution is -0.134. The lowest BCUT2D eigenvalue weighted by Crippen LogP contribution is -2.42. The fraction of sp³-hybridized carbons (Fsp3) is 0.815. The number of allylic oxidation sites excluding steroid dienone is 2. The van der Waals surface area contributed by atoms with Crippen molar-refractivity contribution in [3.05, 3.63) is 23.8 Å². The molecule has 4 nitrogen and oxygen atoms in total. The first-order valence-electron chi connectivity index (χ1n) is 12.5. The SMILES string of the molecule is CCCC[C@H](C)C[C@H](O)C=C[C@@H]1[C@H]2CC(CCCC(=O)N(C)C(C)(C)C)=C[C@H]2C[C@H]1O. The lowest BCUT2D eigenvalue weighted by Gasteiger charge is -2.32. The highest BCUT2D eigenvalue weighted by Crippen LogP contribution is 2.48. The minimum absolute atomic E-state index is 0.130. The van der Waals surface area contributed by atoms with Gasteiger partial charge < -0.3 is 15.1 Å². The smallest absolute Gasteiger partial charge is 0.222 e. The normalized spacial score (nSPS) is 27.9. The van der Waals surface area contributed by atoms with Crippen molar-refractivity contribution in [3.63, 3.8) is 0 Å². The standard InChI is InChI=1S/C27H47NO3/c1-7-8-10-19(2)15-22(29)13-14-23-24-17-20(16-21(24)18-25(23)30)11-9-12-26(31)28(6)27(3,4)5/h13-14,16,19,21-25,29-30H,7-12,15,17-18H2,1-6H3/t19-,21-,22+,23+,24-,25+/m0/s1. The van der Waals surface area contributed by atoms with E-state index >= 15 is 0 Å². The van der Waals surface area contributed by atoms with E-state index in [0.29, 0.717) is 24.2 Å². The van der Waals surface area contributed by atoms with Crippen LogP contribution in [-0.2, 0) is 4.79 Å². The second-order valence-electron chi connectivity index (χ2n) is 11.1. The zero-order valence-corrected chi connectivity index (χ0v) is 20.8. The molecule has 0 unspecified atom stereocenters. The van der Waals surface area contributed by atoms with Crippen LogP contribution in [-0.4, -0.2) is 45.8 Å². The number of amides is 1. The quantitative estimate of drug-likeness (QED) is 0.424. The monoisotopic (exact) mass is 433 g/mol. The number of hydrogen-bond acceptors (Lipinski definition) is 3. The molecule has 1 saturated carbocycles. The van der Waals surface area contributed by atoms with Gasteiger partial charge in [-0.2, -0.15) is 0 Å². The third kappa shape index (κ3) is 7.75. The maximum absolute atomic E-state index is 12.4. The topological polar surface area (TPSA) is 60.8 Å². The molecular formula is C27H47NO3. The molecule has 0 spiro atoms. The molecule has 2 aliphatic carbocycles. The molecule has 1 amide bonds. The predicted octanol–water partition coefficient (Wildman–Crippen LogP) is 5.49. The highest BCUT2D eigenvalue weighted by atomic mass is 16.3. The first-order chi connectivity index (χ1) is 14.5. The van der Waals surface area contributed by atoms with Crippen molar-refractivity contribution in [2.45, 2.75) is 110 Å². The average Bonchev–Trinajstić information content (AvgIpc) is 3.19. The summed E-state index contributed by atoms with van der Waals surface area (Å²) in [6.07, 6.45) is 14.3. The molecule has 0 bridgehead atoms. The summed E-state index contributed by atoms with van der Waals surface area (Å²) in [5.41, 5.74) is 1.31. The maximum Gasteiger partial charge on any atom is 0.222 e. The Hall–Kier alpha value is -1.13. The van der Waals surface area contributed by atoms with Crippen LogP contribution in [0.2, 0.25) is 0 Å². The van der Waals surface area contributed by atoms with E-state index < -0.39 is 6.10 Å².